The number of piperidine rings is 1. The molecule has 0 saturated carbocycles. The number of carbonyl (C=O) groups excluding carboxylic acids is 2. The summed E-state index contributed by atoms with van der Waals surface area (Å²) in [6, 6.07) is 11.8. The van der Waals surface area contributed by atoms with Crippen molar-refractivity contribution in [3.63, 3.8) is 0 Å². The Balaban J connectivity index is 1.63. The highest BCUT2D eigenvalue weighted by Crippen LogP contribution is 2.25. The Bertz CT molecular complexity index is 767. The summed E-state index contributed by atoms with van der Waals surface area (Å²) in [6.07, 6.45) is 2.70. The number of para-hydroxylation sites is 1. The standard InChI is InChI=1S/C21H27N3O2S/c1-3-12-23(2)21(26)17-7-4-5-8-18(17)24-13-10-16(11-14-24)22-20(25)19-9-6-15-27-19/h4-9,15-16H,3,10-14H2,1-2H3,(H,22,25). The summed E-state index contributed by atoms with van der Waals surface area (Å²) in [5, 5.41) is 5.05. The molecule has 3 rings (SSSR count). The normalized spacial score (nSPS) is 14.8. The Labute approximate surface area is 165 Å². The summed E-state index contributed by atoms with van der Waals surface area (Å²) in [4.78, 5) is 29.8. The number of thiophene rings is 1. The van der Waals surface area contributed by atoms with Crippen LogP contribution >= 0.6 is 11.3 Å². The summed E-state index contributed by atoms with van der Waals surface area (Å²) >= 11 is 1.46. The summed E-state index contributed by atoms with van der Waals surface area (Å²) in [5.41, 5.74) is 1.75. The Morgan fingerprint density at radius 2 is 1.93 bits per heavy atom. The molecule has 1 fully saturated rings. The molecule has 1 aromatic heterocycles. The molecule has 0 bridgehead atoms. The van der Waals surface area contributed by atoms with Crippen molar-refractivity contribution < 1.29 is 9.59 Å². The predicted molar refractivity (Wildman–Crippen MR) is 111 cm³/mol. The minimum Gasteiger partial charge on any atom is -0.371 e. The van der Waals surface area contributed by atoms with E-state index in [2.05, 4.69) is 17.1 Å². The molecule has 2 amide bonds. The van der Waals surface area contributed by atoms with E-state index in [-0.39, 0.29) is 17.9 Å². The molecule has 0 unspecified atom stereocenters. The van der Waals surface area contributed by atoms with Gasteiger partial charge in [-0.3, -0.25) is 9.59 Å². The maximum atomic E-state index is 12.8. The molecule has 0 spiro atoms. The monoisotopic (exact) mass is 385 g/mol. The van der Waals surface area contributed by atoms with Crippen molar-refractivity contribution in [3.05, 3.63) is 52.2 Å². The summed E-state index contributed by atoms with van der Waals surface area (Å²) < 4.78 is 0. The molecule has 2 heterocycles. The third kappa shape index (κ3) is 4.69. The second-order valence-corrected chi connectivity index (χ2v) is 7.90. The summed E-state index contributed by atoms with van der Waals surface area (Å²) in [6.45, 7) is 4.49. The van der Waals surface area contributed by atoms with Gasteiger partial charge in [0.15, 0.2) is 0 Å². The number of hydrogen-bond donors (Lipinski definition) is 1. The third-order valence-corrected chi connectivity index (χ3v) is 5.82. The van der Waals surface area contributed by atoms with E-state index >= 15 is 0 Å². The molecule has 5 nitrogen and oxygen atoms in total. The van der Waals surface area contributed by atoms with Crippen LogP contribution in [-0.4, -0.2) is 49.4 Å². The highest BCUT2D eigenvalue weighted by molar-refractivity contribution is 7.12. The van der Waals surface area contributed by atoms with Gasteiger partial charge in [-0.2, -0.15) is 0 Å². The fourth-order valence-electron chi connectivity index (χ4n) is 3.50. The van der Waals surface area contributed by atoms with Crippen LogP contribution in [0.3, 0.4) is 0 Å². The van der Waals surface area contributed by atoms with Crippen molar-refractivity contribution in [2.75, 3.05) is 31.6 Å². The van der Waals surface area contributed by atoms with Crippen molar-refractivity contribution >= 4 is 28.8 Å². The molecule has 27 heavy (non-hydrogen) atoms. The topological polar surface area (TPSA) is 52.7 Å². The van der Waals surface area contributed by atoms with Gasteiger partial charge in [0.2, 0.25) is 0 Å². The number of nitrogens with zero attached hydrogens (tertiary/aromatic N) is 2. The van der Waals surface area contributed by atoms with Crippen molar-refractivity contribution in [2.24, 2.45) is 0 Å². The van der Waals surface area contributed by atoms with Gasteiger partial charge in [0, 0.05) is 38.4 Å². The van der Waals surface area contributed by atoms with E-state index in [1.807, 2.05) is 48.8 Å². The number of anilines is 1. The third-order valence-electron chi connectivity index (χ3n) is 4.96. The Hall–Kier alpha value is -2.34. The predicted octanol–water partition coefficient (Wildman–Crippen LogP) is 3.63. The molecule has 0 atom stereocenters. The number of carbonyl (C=O) groups is 2. The van der Waals surface area contributed by atoms with E-state index in [4.69, 9.17) is 0 Å². The van der Waals surface area contributed by atoms with Crippen LogP contribution in [0.5, 0.6) is 0 Å². The van der Waals surface area contributed by atoms with Crippen LogP contribution in [0.15, 0.2) is 41.8 Å². The van der Waals surface area contributed by atoms with Crippen LogP contribution in [0.2, 0.25) is 0 Å². The second kappa shape index (κ2) is 9.04. The molecule has 1 N–H and O–H groups in total. The molecule has 2 aromatic rings. The fourth-order valence-corrected chi connectivity index (χ4v) is 4.13. The van der Waals surface area contributed by atoms with Crippen molar-refractivity contribution in [2.45, 2.75) is 32.2 Å². The zero-order valence-corrected chi connectivity index (χ0v) is 16.8. The molecule has 1 aromatic carbocycles. The smallest absolute Gasteiger partial charge is 0.261 e. The molecular weight excluding hydrogens is 358 g/mol. The summed E-state index contributed by atoms with van der Waals surface area (Å²) in [5.74, 6) is 0.0841. The number of benzene rings is 1. The minimum absolute atomic E-state index is 0.0141. The van der Waals surface area contributed by atoms with E-state index < -0.39 is 0 Å². The van der Waals surface area contributed by atoms with Gasteiger partial charge >= 0.3 is 0 Å². The lowest BCUT2D eigenvalue weighted by Gasteiger charge is -2.35. The molecule has 0 radical (unpaired) electrons. The van der Waals surface area contributed by atoms with Crippen LogP contribution in [-0.2, 0) is 0 Å². The van der Waals surface area contributed by atoms with E-state index in [9.17, 15) is 9.59 Å². The first kappa shape index (κ1) is 19.4. The molecular formula is C21H27N3O2S. The van der Waals surface area contributed by atoms with E-state index in [1.54, 1.807) is 4.90 Å². The van der Waals surface area contributed by atoms with Crippen molar-refractivity contribution in [1.82, 2.24) is 10.2 Å². The first-order valence-corrected chi connectivity index (χ1v) is 10.4. The molecule has 6 heteroatoms. The fraction of sp³-hybridized carbons (Fsp3) is 0.429. The Morgan fingerprint density at radius 1 is 1.19 bits per heavy atom. The van der Waals surface area contributed by atoms with Crippen LogP contribution in [0, 0.1) is 0 Å². The molecule has 144 valence electrons. The lowest BCUT2D eigenvalue weighted by Crippen LogP contribution is -2.45. The zero-order chi connectivity index (χ0) is 19.2. The highest BCUT2D eigenvalue weighted by atomic mass is 32.1. The molecule has 0 aliphatic carbocycles. The Morgan fingerprint density at radius 3 is 2.59 bits per heavy atom. The van der Waals surface area contributed by atoms with E-state index in [0.29, 0.717) is 0 Å². The van der Waals surface area contributed by atoms with E-state index in [1.165, 1.54) is 11.3 Å². The first-order chi connectivity index (χ1) is 13.1. The number of nitrogens with one attached hydrogen (secondary N) is 1. The van der Waals surface area contributed by atoms with Gasteiger partial charge in [0.25, 0.3) is 11.8 Å². The number of rotatable bonds is 6. The van der Waals surface area contributed by atoms with Crippen LogP contribution in [0.4, 0.5) is 5.69 Å². The zero-order valence-electron chi connectivity index (χ0n) is 16.0. The number of amides is 2. The lowest BCUT2D eigenvalue weighted by molar-refractivity contribution is 0.0795. The van der Waals surface area contributed by atoms with Gasteiger partial charge in [-0.25, -0.2) is 0 Å². The largest absolute Gasteiger partial charge is 0.371 e. The highest BCUT2D eigenvalue weighted by Gasteiger charge is 2.25. The molecule has 1 aliphatic rings. The molecule has 1 saturated heterocycles. The SMILES string of the molecule is CCCN(C)C(=O)c1ccccc1N1CCC(NC(=O)c2cccs2)CC1. The number of hydrogen-bond acceptors (Lipinski definition) is 4. The Kier molecular flexibility index (Phi) is 6.50. The minimum atomic E-state index is 0.0141. The second-order valence-electron chi connectivity index (χ2n) is 6.96. The first-order valence-electron chi connectivity index (χ1n) is 9.54. The maximum Gasteiger partial charge on any atom is 0.261 e. The lowest BCUT2D eigenvalue weighted by atomic mass is 10.0. The van der Waals surface area contributed by atoms with Gasteiger partial charge in [-0.15, -0.1) is 11.3 Å². The van der Waals surface area contributed by atoms with Crippen molar-refractivity contribution in [3.8, 4) is 0 Å². The van der Waals surface area contributed by atoms with Gasteiger partial charge in [0.1, 0.15) is 0 Å². The van der Waals surface area contributed by atoms with Gasteiger partial charge in [-0.1, -0.05) is 25.1 Å². The maximum absolute atomic E-state index is 12.8. The van der Waals surface area contributed by atoms with Crippen LogP contribution in [0.1, 0.15) is 46.2 Å². The van der Waals surface area contributed by atoms with Crippen molar-refractivity contribution in [1.29, 1.82) is 0 Å². The van der Waals surface area contributed by atoms with Gasteiger partial charge in [-0.05, 0) is 42.8 Å². The average molecular weight is 386 g/mol. The quantitative estimate of drug-likeness (QED) is 0.826. The van der Waals surface area contributed by atoms with Gasteiger partial charge in [0.05, 0.1) is 10.4 Å². The summed E-state index contributed by atoms with van der Waals surface area (Å²) in [7, 11) is 1.86. The van der Waals surface area contributed by atoms with E-state index in [0.717, 1.165) is 55.0 Å². The van der Waals surface area contributed by atoms with Gasteiger partial charge < -0.3 is 15.1 Å². The van der Waals surface area contributed by atoms with Crippen LogP contribution in [0.25, 0.3) is 0 Å². The van der Waals surface area contributed by atoms with Crippen LogP contribution < -0.4 is 10.2 Å². The average Bonchev–Trinajstić information content (AvgIpc) is 3.23. The molecule has 1 aliphatic heterocycles.